The molecule has 8 nitrogen and oxygen atoms in total. The van der Waals surface area contributed by atoms with Crippen LogP contribution in [0.25, 0.3) is 0 Å². The van der Waals surface area contributed by atoms with Gasteiger partial charge < -0.3 is 10.6 Å². The van der Waals surface area contributed by atoms with Crippen molar-refractivity contribution in [3.05, 3.63) is 73.9 Å². The van der Waals surface area contributed by atoms with Gasteiger partial charge in [-0.05, 0) is 18.1 Å². The lowest BCUT2D eigenvalue weighted by Crippen LogP contribution is -2.33. The van der Waals surface area contributed by atoms with E-state index in [9.17, 15) is 9.59 Å². The molecule has 1 aliphatic heterocycles. The zero-order valence-corrected chi connectivity index (χ0v) is 16.0. The van der Waals surface area contributed by atoms with Crippen LogP contribution in [0.2, 0.25) is 5.02 Å². The maximum Gasteiger partial charge on any atom is 0.285 e. The van der Waals surface area contributed by atoms with Gasteiger partial charge in [-0.2, -0.15) is 10.2 Å². The van der Waals surface area contributed by atoms with Gasteiger partial charge in [0.25, 0.3) is 11.5 Å². The van der Waals surface area contributed by atoms with E-state index < -0.39 is 11.5 Å². The summed E-state index contributed by atoms with van der Waals surface area (Å²) in [6.07, 6.45) is 2.15. The highest BCUT2D eigenvalue weighted by atomic mass is 35.5. The standard InChI is InChI=1S/C19H19ClN6O2/c1-11-4-2-3-5-12(11)9-26-14-6-7-25(10-13(14)17(24-26)18(21)27)15-8-22-23-19(28)16(15)20/h2-5,8H,6-7,9-10H2,1H3,(H2,21,27)(H,23,28). The molecule has 1 amide bonds. The lowest BCUT2D eigenvalue weighted by molar-refractivity contribution is 0.0994. The normalized spacial score (nSPS) is 13.4. The Labute approximate surface area is 165 Å². The maximum absolute atomic E-state index is 12.0. The van der Waals surface area contributed by atoms with Crippen LogP contribution < -0.4 is 16.2 Å². The molecule has 3 aromatic rings. The summed E-state index contributed by atoms with van der Waals surface area (Å²) in [5.74, 6) is -0.572. The highest BCUT2D eigenvalue weighted by Crippen LogP contribution is 2.29. The van der Waals surface area contributed by atoms with Gasteiger partial charge in [-0.1, -0.05) is 35.9 Å². The summed E-state index contributed by atoms with van der Waals surface area (Å²) in [4.78, 5) is 25.7. The topological polar surface area (TPSA) is 110 Å². The van der Waals surface area contributed by atoms with Crippen LogP contribution in [-0.4, -0.2) is 32.4 Å². The molecule has 0 bridgehead atoms. The van der Waals surface area contributed by atoms with E-state index in [0.29, 0.717) is 31.7 Å². The Morgan fingerprint density at radius 3 is 2.89 bits per heavy atom. The van der Waals surface area contributed by atoms with Gasteiger partial charge in [-0.15, -0.1) is 0 Å². The molecule has 9 heteroatoms. The number of fused-ring (bicyclic) bond motifs is 1. The van der Waals surface area contributed by atoms with E-state index in [1.54, 1.807) is 0 Å². The zero-order chi connectivity index (χ0) is 19.8. The van der Waals surface area contributed by atoms with Crippen molar-refractivity contribution < 1.29 is 4.79 Å². The van der Waals surface area contributed by atoms with E-state index in [2.05, 4.69) is 15.3 Å². The van der Waals surface area contributed by atoms with Crippen LogP contribution >= 0.6 is 11.6 Å². The lowest BCUT2D eigenvalue weighted by Gasteiger charge is -2.29. The molecule has 2 aromatic heterocycles. The third-order valence-corrected chi connectivity index (χ3v) is 5.43. The van der Waals surface area contributed by atoms with E-state index in [0.717, 1.165) is 22.4 Å². The van der Waals surface area contributed by atoms with Crippen molar-refractivity contribution in [2.45, 2.75) is 26.4 Å². The number of aryl methyl sites for hydroxylation is 1. The molecule has 1 aromatic carbocycles. The third-order valence-electron chi connectivity index (χ3n) is 5.07. The molecule has 4 rings (SSSR count). The summed E-state index contributed by atoms with van der Waals surface area (Å²) >= 11 is 6.15. The number of hydrogen-bond acceptors (Lipinski definition) is 5. The van der Waals surface area contributed by atoms with E-state index in [-0.39, 0.29) is 10.7 Å². The van der Waals surface area contributed by atoms with Crippen LogP contribution in [-0.2, 0) is 19.5 Å². The molecule has 3 heterocycles. The van der Waals surface area contributed by atoms with Crippen LogP contribution in [0, 0.1) is 6.92 Å². The van der Waals surface area contributed by atoms with Gasteiger partial charge in [0.05, 0.1) is 18.4 Å². The summed E-state index contributed by atoms with van der Waals surface area (Å²) in [6.45, 7) is 3.61. The fourth-order valence-corrected chi connectivity index (χ4v) is 3.78. The summed E-state index contributed by atoms with van der Waals surface area (Å²) in [7, 11) is 0. The number of amides is 1. The Hall–Kier alpha value is -3.13. The number of halogens is 1. The number of anilines is 1. The van der Waals surface area contributed by atoms with E-state index >= 15 is 0 Å². The summed E-state index contributed by atoms with van der Waals surface area (Å²) in [5, 5.41) is 10.7. The number of aromatic amines is 1. The van der Waals surface area contributed by atoms with Crippen LogP contribution in [0.3, 0.4) is 0 Å². The number of nitrogens with two attached hydrogens (primary N) is 1. The fraction of sp³-hybridized carbons (Fsp3) is 0.263. The van der Waals surface area contributed by atoms with Gasteiger partial charge in [-0.25, -0.2) is 5.10 Å². The molecule has 0 saturated heterocycles. The van der Waals surface area contributed by atoms with Crippen molar-refractivity contribution in [1.29, 1.82) is 0 Å². The molecular weight excluding hydrogens is 380 g/mol. The van der Waals surface area contributed by atoms with Crippen LogP contribution in [0.15, 0.2) is 35.3 Å². The van der Waals surface area contributed by atoms with Crippen molar-refractivity contribution in [2.75, 3.05) is 11.4 Å². The summed E-state index contributed by atoms with van der Waals surface area (Å²) in [5.41, 5.74) is 9.95. The van der Waals surface area contributed by atoms with Crippen molar-refractivity contribution in [3.63, 3.8) is 0 Å². The molecule has 0 unspecified atom stereocenters. The Balaban J connectivity index is 1.72. The summed E-state index contributed by atoms with van der Waals surface area (Å²) < 4.78 is 1.85. The number of hydrogen-bond donors (Lipinski definition) is 2. The minimum atomic E-state index is -0.572. The largest absolute Gasteiger partial charge is 0.364 e. The first kappa shape index (κ1) is 18.2. The monoisotopic (exact) mass is 398 g/mol. The molecule has 3 N–H and O–H groups in total. The van der Waals surface area contributed by atoms with Crippen LogP contribution in [0.4, 0.5) is 5.69 Å². The molecule has 1 aliphatic rings. The number of primary amides is 1. The van der Waals surface area contributed by atoms with Gasteiger partial charge in [0, 0.05) is 30.8 Å². The second-order valence-corrected chi connectivity index (χ2v) is 7.17. The van der Waals surface area contributed by atoms with Gasteiger partial charge in [-0.3, -0.25) is 14.3 Å². The highest BCUT2D eigenvalue weighted by molar-refractivity contribution is 6.33. The number of nitrogens with one attached hydrogen (secondary N) is 1. The minimum absolute atomic E-state index is 0.0753. The van der Waals surface area contributed by atoms with Crippen LogP contribution in [0.1, 0.15) is 32.9 Å². The molecule has 0 spiro atoms. The first-order valence-corrected chi connectivity index (χ1v) is 9.24. The van der Waals surface area contributed by atoms with E-state index in [1.807, 2.05) is 40.8 Å². The lowest BCUT2D eigenvalue weighted by atomic mass is 10.0. The molecule has 28 heavy (non-hydrogen) atoms. The predicted molar refractivity (Wildman–Crippen MR) is 106 cm³/mol. The SMILES string of the molecule is Cc1ccccc1Cn1nc(C(N)=O)c2c1CCN(c1cn[nH]c(=O)c1Cl)C2. The molecular formula is C19H19ClN6O2. The van der Waals surface area contributed by atoms with Gasteiger partial charge >= 0.3 is 0 Å². The van der Waals surface area contributed by atoms with Gasteiger partial charge in [0.1, 0.15) is 5.02 Å². The quantitative estimate of drug-likeness (QED) is 0.694. The Kier molecular flexibility index (Phi) is 4.64. The average molecular weight is 399 g/mol. The number of benzene rings is 1. The highest BCUT2D eigenvalue weighted by Gasteiger charge is 2.28. The van der Waals surface area contributed by atoms with Crippen molar-refractivity contribution in [2.24, 2.45) is 5.73 Å². The fourth-order valence-electron chi connectivity index (χ4n) is 3.57. The van der Waals surface area contributed by atoms with E-state index in [1.165, 1.54) is 6.20 Å². The second kappa shape index (κ2) is 7.12. The molecule has 0 atom stereocenters. The zero-order valence-electron chi connectivity index (χ0n) is 15.3. The molecule has 144 valence electrons. The molecule has 0 fully saturated rings. The number of rotatable bonds is 4. The maximum atomic E-state index is 12.0. The minimum Gasteiger partial charge on any atom is -0.364 e. The first-order valence-electron chi connectivity index (χ1n) is 8.86. The number of aromatic nitrogens is 4. The smallest absolute Gasteiger partial charge is 0.285 e. The molecule has 0 aliphatic carbocycles. The first-order chi connectivity index (χ1) is 13.5. The van der Waals surface area contributed by atoms with Crippen molar-refractivity contribution in [1.82, 2.24) is 20.0 Å². The van der Waals surface area contributed by atoms with Crippen LogP contribution in [0.5, 0.6) is 0 Å². The van der Waals surface area contributed by atoms with Crippen molar-refractivity contribution in [3.8, 4) is 0 Å². The third kappa shape index (κ3) is 3.16. The average Bonchev–Trinajstić information content (AvgIpc) is 3.04. The Morgan fingerprint density at radius 2 is 2.14 bits per heavy atom. The van der Waals surface area contributed by atoms with Crippen molar-refractivity contribution >= 4 is 23.2 Å². The van der Waals surface area contributed by atoms with E-state index in [4.69, 9.17) is 17.3 Å². The Bertz CT molecular complexity index is 1120. The Morgan fingerprint density at radius 1 is 1.36 bits per heavy atom. The number of carbonyl (C=O) groups excluding carboxylic acids is 1. The predicted octanol–water partition coefficient (Wildman–Crippen LogP) is 1.64. The number of carbonyl (C=O) groups is 1. The second-order valence-electron chi connectivity index (χ2n) is 6.79. The van der Waals surface area contributed by atoms with Gasteiger partial charge in [0.2, 0.25) is 0 Å². The molecule has 0 radical (unpaired) electrons. The van der Waals surface area contributed by atoms with Gasteiger partial charge in [0.15, 0.2) is 5.69 Å². The molecule has 0 saturated carbocycles. The summed E-state index contributed by atoms with van der Waals surface area (Å²) in [6, 6.07) is 8.06. The number of H-pyrrole nitrogens is 1. The number of nitrogens with zero attached hydrogens (tertiary/aromatic N) is 4.